The molecule has 0 bridgehead atoms. The third-order valence-electron chi connectivity index (χ3n) is 2.39. The van der Waals surface area contributed by atoms with E-state index in [1.165, 1.54) is 0 Å². The molecule has 0 heterocycles. The van der Waals surface area contributed by atoms with Gasteiger partial charge in [0.2, 0.25) is 0 Å². The summed E-state index contributed by atoms with van der Waals surface area (Å²) in [6.07, 6.45) is 0.900. The highest BCUT2D eigenvalue weighted by atomic mass is 16.6. The highest BCUT2D eigenvalue weighted by Gasteiger charge is 2.18. The number of ether oxygens (including phenoxy) is 1. The fraction of sp³-hybridized carbons (Fsp3) is 0.769. The molecule has 0 aliphatic carbocycles. The van der Waals surface area contributed by atoms with Gasteiger partial charge < -0.3 is 20.3 Å². The summed E-state index contributed by atoms with van der Waals surface area (Å²) < 4.78 is 5.05. The Hall–Kier alpha value is -1.83. The average Bonchev–Trinajstić information content (AvgIpc) is 2.29. The monoisotopic (exact) mass is 304 g/mol. The maximum atomic E-state index is 11.3. The molecule has 1 amide bonds. The first-order chi connectivity index (χ1) is 9.61. The van der Waals surface area contributed by atoms with Gasteiger partial charge >= 0.3 is 18.0 Å². The Morgan fingerprint density at radius 1 is 1.14 bits per heavy atom. The Kier molecular flexibility index (Phi) is 8.37. The summed E-state index contributed by atoms with van der Waals surface area (Å²) >= 11 is 0. The molecule has 21 heavy (non-hydrogen) atoms. The highest BCUT2D eigenvalue weighted by Crippen LogP contribution is 2.06. The van der Waals surface area contributed by atoms with Crippen LogP contribution in [0.4, 0.5) is 4.79 Å². The second-order valence-electron chi connectivity index (χ2n) is 5.59. The Morgan fingerprint density at radius 2 is 1.76 bits per heavy atom. The highest BCUT2D eigenvalue weighted by molar-refractivity contribution is 5.75. The van der Waals surface area contributed by atoms with Gasteiger partial charge in [0.15, 0.2) is 0 Å². The van der Waals surface area contributed by atoms with E-state index in [1.807, 2.05) is 0 Å². The zero-order valence-electron chi connectivity index (χ0n) is 12.6. The average molecular weight is 304 g/mol. The Morgan fingerprint density at radius 3 is 2.24 bits per heavy atom. The molecule has 0 aromatic carbocycles. The number of carbonyl (C=O) groups excluding carboxylic acids is 1. The van der Waals surface area contributed by atoms with Gasteiger partial charge in [-0.3, -0.25) is 14.9 Å². The quantitative estimate of drug-likeness (QED) is 0.464. The van der Waals surface area contributed by atoms with E-state index in [0.29, 0.717) is 25.8 Å². The van der Waals surface area contributed by atoms with Gasteiger partial charge in [-0.25, -0.2) is 4.79 Å². The minimum atomic E-state index is -1.10. The number of nitrogens with one attached hydrogen (secondary N) is 2. The summed E-state index contributed by atoms with van der Waals surface area (Å²) in [5.41, 5.74) is -0.556. The van der Waals surface area contributed by atoms with Crippen LogP contribution in [0.25, 0.3) is 0 Å². The van der Waals surface area contributed by atoms with E-state index in [4.69, 9.17) is 14.9 Å². The topological polar surface area (TPSA) is 125 Å². The van der Waals surface area contributed by atoms with Gasteiger partial charge in [0.1, 0.15) is 11.6 Å². The van der Waals surface area contributed by atoms with Crippen LogP contribution in [-0.2, 0) is 14.3 Å². The lowest BCUT2D eigenvalue weighted by molar-refractivity contribution is -0.140. The Labute approximate surface area is 123 Å². The molecule has 1 unspecified atom stereocenters. The standard InChI is InChI=1S/C13H24N2O6/c1-13(2,3)21-12(20)14-7-5-4-6-9(11(18)19)15-8-10(16)17/h9,15H,4-8H2,1-3H3,(H,14,20)(H,16,17)(H,18,19). The van der Waals surface area contributed by atoms with Crippen molar-refractivity contribution in [3.05, 3.63) is 0 Å². The van der Waals surface area contributed by atoms with Crippen LogP contribution in [0, 0.1) is 0 Å². The van der Waals surface area contributed by atoms with Crippen molar-refractivity contribution in [2.75, 3.05) is 13.1 Å². The summed E-state index contributed by atoms with van der Waals surface area (Å²) in [5, 5.41) is 22.4. The minimum Gasteiger partial charge on any atom is -0.480 e. The molecule has 0 aromatic rings. The number of carboxylic acid groups (broad SMARTS) is 2. The second kappa shape index (κ2) is 9.17. The number of carboxylic acids is 2. The molecule has 0 rings (SSSR count). The van der Waals surface area contributed by atoms with E-state index >= 15 is 0 Å². The Bertz CT molecular complexity index is 364. The van der Waals surface area contributed by atoms with E-state index in [0.717, 1.165) is 0 Å². The van der Waals surface area contributed by atoms with Crippen molar-refractivity contribution in [1.29, 1.82) is 0 Å². The largest absolute Gasteiger partial charge is 0.480 e. The zero-order valence-corrected chi connectivity index (χ0v) is 12.6. The zero-order chi connectivity index (χ0) is 16.5. The van der Waals surface area contributed by atoms with Crippen LogP contribution in [0.5, 0.6) is 0 Å². The van der Waals surface area contributed by atoms with Crippen LogP contribution in [0.3, 0.4) is 0 Å². The van der Waals surface area contributed by atoms with Crippen molar-refractivity contribution < 1.29 is 29.3 Å². The Balaban J connectivity index is 3.83. The van der Waals surface area contributed by atoms with Crippen molar-refractivity contribution >= 4 is 18.0 Å². The van der Waals surface area contributed by atoms with Crippen LogP contribution in [0.1, 0.15) is 40.0 Å². The van der Waals surface area contributed by atoms with Gasteiger partial charge in [-0.05, 0) is 40.0 Å². The van der Waals surface area contributed by atoms with Gasteiger partial charge in [0.25, 0.3) is 0 Å². The van der Waals surface area contributed by atoms with Crippen LogP contribution in [0.15, 0.2) is 0 Å². The van der Waals surface area contributed by atoms with Crippen molar-refractivity contribution in [2.45, 2.75) is 51.7 Å². The molecular formula is C13H24N2O6. The first-order valence-electron chi connectivity index (χ1n) is 6.76. The summed E-state index contributed by atoms with van der Waals surface area (Å²) in [6, 6.07) is -0.900. The molecule has 8 nitrogen and oxygen atoms in total. The fourth-order valence-corrected chi connectivity index (χ4v) is 1.50. The normalized spacial score (nSPS) is 12.5. The van der Waals surface area contributed by atoms with E-state index in [-0.39, 0.29) is 0 Å². The molecule has 8 heteroatoms. The van der Waals surface area contributed by atoms with E-state index in [1.54, 1.807) is 20.8 Å². The van der Waals surface area contributed by atoms with E-state index < -0.39 is 36.2 Å². The lowest BCUT2D eigenvalue weighted by Crippen LogP contribution is -2.39. The third-order valence-corrected chi connectivity index (χ3v) is 2.39. The molecule has 0 radical (unpaired) electrons. The number of carbonyl (C=O) groups is 3. The summed E-state index contributed by atoms with van der Waals surface area (Å²) in [5.74, 6) is -2.19. The number of amides is 1. The van der Waals surface area contributed by atoms with E-state index in [2.05, 4.69) is 10.6 Å². The maximum Gasteiger partial charge on any atom is 0.407 e. The molecule has 0 aliphatic rings. The van der Waals surface area contributed by atoms with Gasteiger partial charge in [0, 0.05) is 6.54 Å². The van der Waals surface area contributed by atoms with Crippen LogP contribution >= 0.6 is 0 Å². The van der Waals surface area contributed by atoms with Crippen molar-refractivity contribution in [3.8, 4) is 0 Å². The van der Waals surface area contributed by atoms with Gasteiger partial charge in [-0.1, -0.05) is 0 Å². The third kappa shape index (κ3) is 11.7. The summed E-state index contributed by atoms with van der Waals surface area (Å²) in [6.45, 7) is 5.27. The molecule has 4 N–H and O–H groups in total. The first-order valence-corrected chi connectivity index (χ1v) is 6.76. The number of aliphatic carboxylic acids is 2. The number of alkyl carbamates (subject to hydrolysis) is 1. The number of rotatable bonds is 9. The minimum absolute atomic E-state index is 0.290. The molecule has 122 valence electrons. The molecule has 1 atom stereocenters. The molecule has 0 fully saturated rings. The van der Waals surface area contributed by atoms with Crippen LogP contribution in [0.2, 0.25) is 0 Å². The van der Waals surface area contributed by atoms with E-state index in [9.17, 15) is 14.4 Å². The first kappa shape index (κ1) is 19.2. The van der Waals surface area contributed by atoms with Crippen molar-refractivity contribution in [3.63, 3.8) is 0 Å². The van der Waals surface area contributed by atoms with Crippen molar-refractivity contribution in [1.82, 2.24) is 10.6 Å². The SMILES string of the molecule is CC(C)(C)OC(=O)NCCCCC(NCC(=O)O)C(=O)O. The van der Waals surface area contributed by atoms with Crippen molar-refractivity contribution in [2.24, 2.45) is 0 Å². The summed E-state index contributed by atoms with van der Waals surface area (Å²) in [4.78, 5) is 32.6. The molecule has 0 aromatic heterocycles. The predicted octanol–water partition coefficient (Wildman–Crippen LogP) is 0.809. The molecule has 0 saturated carbocycles. The maximum absolute atomic E-state index is 11.3. The van der Waals surface area contributed by atoms with Gasteiger partial charge in [-0.2, -0.15) is 0 Å². The second-order valence-corrected chi connectivity index (χ2v) is 5.59. The van der Waals surface area contributed by atoms with Crippen LogP contribution < -0.4 is 10.6 Å². The molecule has 0 saturated heterocycles. The lowest BCUT2D eigenvalue weighted by Gasteiger charge is -2.19. The summed E-state index contributed by atoms with van der Waals surface area (Å²) in [7, 11) is 0. The fourth-order valence-electron chi connectivity index (χ4n) is 1.50. The predicted molar refractivity (Wildman–Crippen MR) is 75.2 cm³/mol. The van der Waals surface area contributed by atoms with Gasteiger partial charge in [0.05, 0.1) is 6.54 Å². The smallest absolute Gasteiger partial charge is 0.407 e. The van der Waals surface area contributed by atoms with Gasteiger partial charge in [-0.15, -0.1) is 0 Å². The molecule has 0 spiro atoms. The molecule has 0 aliphatic heterocycles. The molecular weight excluding hydrogens is 280 g/mol. The number of hydrogen-bond acceptors (Lipinski definition) is 5. The number of unbranched alkanes of at least 4 members (excludes halogenated alkanes) is 1. The number of hydrogen-bond donors (Lipinski definition) is 4. The van der Waals surface area contributed by atoms with Crippen LogP contribution in [-0.4, -0.2) is 53.0 Å². The lowest BCUT2D eigenvalue weighted by atomic mass is 10.1.